The normalized spacial score (nSPS) is 8.81. The molecule has 0 saturated carbocycles. The predicted octanol–water partition coefficient (Wildman–Crippen LogP) is 1.33. The van der Waals surface area contributed by atoms with Crippen molar-refractivity contribution in [2.24, 2.45) is 0 Å². The maximum Gasteiger partial charge on any atom is 0.315 e. The largest absolute Gasteiger partial charge is 0.495 e. The number of aldehydes is 1. The van der Waals surface area contributed by atoms with Crippen LogP contribution in [0.2, 0.25) is 0 Å². The van der Waals surface area contributed by atoms with E-state index in [1.54, 1.807) is 18.2 Å². The van der Waals surface area contributed by atoms with Crippen molar-refractivity contribution in [2.75, 3.05) is 7.11 Å². The second-order valence-electron chi connectivity index (χ2n) is 2.95. The van der Waals surface area contributed by atoms with Gasteiger partial charge in [0.05, 0.1) is 12.7 Å². The first-order valence-electron chi connectivity index (χ1n) is 4.51. The molecule has 0 fully saturated rings. The summed E-state index contributed by atoms with van der Waals surface area (Å²) in [7, 11) is 1.48. The molecule has 16 heavy (non-hydrogen) atoms. The van der Waals surface area contributed by atoms with Crippen LogP contribution in [0.15, 0.2) is 18.2 Å². The Hall–Kier alpha value is -2.28. The van der Waals surface area contributed by atoms with Crippen LogP contribution in [0.5, 0.6) is 5.75 Å². The van der Waals surface area contributed by atoms with Gasteiger partial charge in [-0.2, -0.15) is 0 Å². The number of carbonyl (C=O) groups excluding carboxylic acids is 1. The topological polar surface area (TPSA) is 63.6 Å². The summed E-state index contributed by atoms with van der Waals surface area (Å²) in [5.74, 6) is 4.67. The molecule has 0 spiro atoms. The molecule has 0 amide bonds. The van der Waals surface area contributed by atoms with E-state index in [1.165, 1.54) is 7.11 Å². The highest BCUT2D eigenvalue weighted by molar-refractivity contribution is 5.76. The van der Waals surface area contributed by atoms with Gasteiger partial charge in [0.2, 0.25) is 0 Å². The zero-order valence-corrected chi connectivity index (χ0v) is 8.69. The molecule has 1 aromatic rings. The van der Waals surface area contributed by atoms with Gasteiger partial charge in [0.15, 0.2) is 0 Å². The summed E-state index contributed by atoms with van der Waals surface area (Å²) >= 11 is 0. The van der Waals surface area contributed by atoms with Crippen LogP contribution in [0, 0.1) is 11.8 Å². The summed E-state index contributed by atoms with van der Waals surface area (Å²) in [6.07, 6.45) is 0.455. The molecule has 1 aromatic carbocycles. The summed E-state index contributed by atoms with van der Waals surface area (Å²) < 4.78 is 5.04. The molecule has 82 valence electrons. The summed E-state index contributed by atoms with van der Waals surface area (Å²) in [6.45, 7) is 0. The van der Waals surface area contributed by atoms with Crippen LogP contribution in [0.1, 0.15) is 22.3 Å². The SMILES string of the molecule is COc1ccc(C=O)cc1C#CCC(=O)O. The highest BCUT2D eigenvalue weighted by Gasteiger charge is 2.01. The van der Waals surface area contributed by atoms with Crippen molar-refractivity contribution in [1.29, 1.82) is 0 Å². The second kappa shape index (κ2) is 5.56. The highest BCUT2D eigenvalue weighted by Crippen LogP contribution is 2.17. The van der Waals surface area contributed by atoms with E-state index < -0.39 is 5.97 Å². The van der Waals surface area contributed by atoms with Crippen LogP contribution >= 0.6 is 0 Å². The second-order valence-corrected chi connectivity index (χ2v) is 2.95. The molecule has 0 aliphatic carbocycles. The van der Waals surface area contributed by atoms with Crippen molar-refractivity contribution >= 4 is 12.3 Å². The van der Waals surface area contributed by atoms with Gasteiger partial charge in [-0.1, -0.05) is 11.8 Å². The Morgan fingerprint density at radius 3 is 2.88 bits per heavy atom. The van der Waals surface area contributed by atoms with E-state index in [1.807, 2.05) is 0 Å². The van der Waals surface area contributed by atoms with Gasteiger partial charge in [0.25, 0.3) is 0 Å². The number of carbonyl (C=O) groups is 2. The number of ether oxygens (including phenoxy) is 1. The Bertz CT molecular complexity index is 466. The van der Waals surface area contributed by atoms with Crippen LogP contribution in [0.4, 0.5) is 0 Å². The molecule has 0 atom stereocenters. The Morgan fingerprint density at radius 2 is 2.31 bits per heavy atom. The average molecular weight is 218 g/mol. The first-order chi connectivity index (χ1) is 7.67. The van der Waals surface area contributed by atoms with Gasteiger partial charge in [-0.3, -0.25) is 9.59 Å². The van der Waals surface area contributed by atoms with Gasteiger partial charge in [-0.25, -0.2) is 0 Å². The monoisotopic (exact) mass is 218 g/mol. The number of benzene rings is 1. The Morgan fingerprint density at radius 1 is 1.56 bits per heavy atom. The van der Waals surface area contributed by atoms with Crippen molar-refractivity contribution in [3.63, 3.8) is 0 Å². The van der Waals surface area contributed by atoms with E-state index in [4.69, 9.17) is 9.84 Å². The molecule has 0 aliphatic heterocycles. The van der Waals surface area contributed by atoms with Crippen LogP contribution < -0.4 is 4.74 Å². The zero-order chi connectivity index (χ0) is 12.0. The van der Waals surface area contributed by atoms with E-state index in [0.717, 1.165) is 0 Å². The molecular weight excluding hydrogens is 208 g/mol. The molecule has 1 N–H and O–H groups in total. The van der Waals surface area contributed by atoms with Crippen molar-refractivity contribution in [3.05, 3.63) is 29.3 Å². The summed E-state index contributed by atoms with van der Waals surface area (Å²) in [6, 6.07) is 4.78. The maximum atomic E-state index is 10.6. The molecule has 0 saturated heterocycles. The third-order valence-corrected chi connectivity index (χ3v) is 1.82. The number of hydrogen-bond acceptors (Lipinski definition) is 3. The molecule has 0 unspecified atom stereocenters. The van der Waals surface area contributed by atoms with E-state index in [9.17, 15) is 9.59 Å². The maximum absolute atomic E-state index is 10.6. The molecule has 0 aromatic heterocycles. The average Bonchev–Trinajstić information content (AvgIpc) is 2.28. The lowest BCUT2D eigenvalue weighted by atomic mass is 10.1. The van der Waals surface area contributed by atoms with Gasteiger partial charge in [0.1, 0.15) is 18.5 Å². The minimum Gasteiger partial charge on any atom is -0.495 e. The van der Waals surface area contributed by atoms with Crippen molar-refractivity contribution in [3.8, 4) is 17.6 Å². The summed E-state index contributed by atoms with van der Waals surface area (Å²) in [5.41, 5.74) is 0.980. The van der Waals surface area contributed by atoms with Crippen LogP contribution in [0.3, 0.4) is 0 Å². The fourth-order valence-electron chi connectivity index (χ4n) is 1.11. The number of rotatable bonds is 3. The molecule has 0 aliphatic rings. The van der Waals surface area contributed by atoms with Crippen LogP contribution in [0.25, 0.3) is 0 Å². The molecule has 0 heterocycles. The smallest absolute Gasteiger partial charge is 0.315 e. The van der Waals surface area contributed by atoms with Gasteiger partial charge >= 0.3 is 5.97 Å². The number of hydrogen-bond donors (Lipinski definition) is 1. The Balaban J connectivity index is 3.02. The van der Waals surface area contributed by atoms with E-state index in [-0.39, 0.29) is 6.42 Å². The van der Waals surface area contributed by atoms with Crippen molar-refractivity contribution in [2.45, 2.75) is 6.42 Å². The molecule has 4 heteroatoms. The first-order valence-corrected chi connectivity index (χ1v) is 4.51. The number of methoxy groups -OCH3 is 1. The van der Waals surface area contributed by atoms with E-state index >= 15 is 0 Å². The number of aliphatic carboxylic acids is 1. The third kappa shape index (κ3) is 3.14. The van der Waals surface area contributed by atoms with Gasteiger partial charge in [-0.15, -0.1) is 0 Å². The molecule has 0 bridgehead atoms. The summed E-state index contributed by atoms with van der Waals surface area (Å²) in [5, 5.41) is 8.43. The molecule has 0 radical (unpaired) electrons. The first kappa shape index (κ1) is 11.8. The Labute approximate surface area is 92.9 Å². The van der Waals surface area contributed by atoms with E-state index in [2.05, 4.69) is 11.8 Å². The van der Waals surface area contributed by atoms with Crippen LogP contribution in [-0.2, 0) is 4.79 Å². The fourth-order valence-corrected chi connectivity index (χ4v) is 1.11. The number of carboxylic acids is 1. The van der Waals surface area contributed by atoms with Crippen molar-refractivity contribution in [1.82, 2.24) is 0 Å². The lowest BCUT2D eigenvalue weighted by Crippen LogP contribution is -1.92. The van der Waals surface area contributed by atoms with Gasteiger partial charge < -0.3 is 9.84 Å². The van der Waals surface area contributed by atoms with Gasteiger partial charge in [-0.05, 0) is 18.2 Å². The Kier molecular flexibility index (Phi) is 4.10. The zero-order valence-electron chi connectivity index (χ0n) is 8.69. The van der Waals surface area contributed by atoms with Gasteiger partial charge in [0, 0.05) is 5.56 Å². The van der Waals surface area contributed by atoms with Crippen molar-refractivity contribution < 1.29 is 19.4 Å². The molecular formula is C12H10O4. The van der Waals surface area contributed by atoms with E-state index in [0.29, 0.717) is 23.2 Å². The molecule has 1 rings (SSSR count). The van der Waals surface area contributed by atoms with Crippen LogP contribution in [-0.4, -0.2) is 24.5 Å². The standard InChI is InChI=1S/C12H10O4/c1-16-11-6-5-9(8-13)7-10(11)3-2-4-12(14)15/h5-8H,4H2,1H3,(H,14,15). The minimum absolute atomic E-state index is 0.242. The third-order valence-electron chi connectivity index (χ3n) is 1.82. The predicted molar refractivity (Wildman–Crippen MR) is 57.5 cm³/mol. The summed E-state index contributed by atoms with van der Waals surface area (Å²) in [4.78, 5) is 20.8. The number of carboxylic acid groups (broad SMARTS) is 1. The minimum atomic E-state index is -0.988. The fraction of sp³-hybridized carbons (Fsp3) is 0.167. The quantitative estimate of drug-likeness (QED) is 0.614. The highest BCUT2D eigenvalue weighted by atomic mass is 16.5. The lowest BCUT2D eigenvalue weighted by molar-refractivity contribution is -0.135. The molecule has 4 nitrogen and oxygen atoms in total. The lowest BCUT2D eigenvalue weighted by Gasteiger charge is -2.02.